The number of ether oxygens (including phenoxy) is 1. The van der Waals surface area contributed by atoms with Crippen LogP contribution in [0.5, 0.6) is 5.75 Å². The topological polar surface area (TPSA) is 77.2 Å². The van der Waals surface area contributed by atoms with Gasteiger partial charge >= 0.3 is 0 Å². The van der Waals surface area contributed by atoms with Crippen molar-refractivity contribution >= 4 is 11.7 Å². The van der Waals surface area contributed by atoms with Crippen molar-refractivity contribution in [1.82, 2.24) is 10.3 Å². The first-order valence-corrected chi connectivity index (χ1v) is 8.56. The van der Waals surface area contributed by atoms with E-state index in [2.05, 4.69) is 16.2 Å². The lowest BCUT2D eigenvalue weighted by molar-refractivity contribution is 0.0951. The lowest BCUT2D eigenvalue weighted by Crippen LogP contribution is -2.25. The molecule has 0 bridgehead atoms. The number of nitrogens with zero attached hydrogens (tertiary/aromatic N) is 1. The maximum Gasteiger partial charge on any atom is 0.255 e. The van der Waals surface area contributed by atoms with Gasteiger partial charge in [0.2, 0.25) is 5.95 Å². The summed E-state index contributed by atoms with van der Waals surface area (Å²) in [6.45, 7) is 0.315. The fraction of sp³-hybridized carbons (Fsp3) is 0.300. The average molecular weight is 373 g/mol. The second kappa shape index (κ2) is 10.1. The predicted molar refractivity (Wildman–Crippen MR) is 99.0 cm³/mol. The number of pyridine rings is 1. The first kappa shape index (κ1) is 20.2. The summed E-state index contributed by atoms with van der Waals surface area (Å²) < 4.78 is 32.9. The van der Waals surface area contributed by atoms with Gasteiger partial charge in [0.05, 0.1) is 12.2 Å². The highest BCUT2D eigenvalue weighted by atomic mass is 19.1. The molecule has 0 unspecified atom stereocenters. The van der Waals surface area contributed by atoms with Crippen LogP contribution in [0.2, 0.25) is 0 Å². The molecular weight excluding hydrogens is 352 g/mol. The quantitative estimate of drug-likeness (QED) is 0.401. The maximum absolute atomic E-state index is 14.5. The molecule has 27 heavy (non-hydrogen) atoms. The van der Waals surface area contributed by atoms with Crippen LogP contribution in [0.4, 0.5) is 14.6 Å². The maximum atomic E-state index is 14.5. The average Bonchev–Trinajstić information content (AvgIpc) is 2.64. The number of anilines is 1. The molecule has 1 aromatic heterocycles. The zero-order valence-electron chi connectivity index (χ0n) is 14.8. The van der Waals surface area contributed by atoms with Crippen LogP contribution < -0.4 is 15.8 Å². The van der Waals surface area contributed by atoms with Gasteiger partial charge in [0.1, 0.15) is 5.82 Å². The molecule has 0 aliphatic rings. The van der Waals surface area contributed by atoms with E-state index in [1.54, 1.807) is 12.1 Å². The van der Waals surface area contributed by atoms with Crippen molar-refractivity contribution in [1.29, 1.82) is 0 Å². The van der Waals surface area contributed by atoms with Crippen molar-refractivity contribution < 1.29 is 18.3 Å². The van der Waals surface area contributed by atoms with Gasteiger partial charge in [-0.05, 0) is 37.5 Å². The fourth-order valence-electron chi connectivity index (χ4n) is 2.41. The molecule has 0 saturated carbocycles. The molecule has 0 spiro atoms. The molecule has 1 amide bonds. The molecule has 0 radical (unpaired) electrons. The largest absolute Gasteiger partial charge is 0.491 e. The summed E-state index contributed by atoms with van der Waals surface area (Å²) in [4.78, 5) is 15.5. The van der Waals surface area contributed by atoms with E-state index in [9.17, 15) is 13.6 Å². The minimum Gasteiger partial charge on any atom is -0.491 e. The molecule has 142 valence electrons. The lowest BCUT2D eigenvalue weighted by atomic mass is 10.1. The Morgan fingerprint density at radius 1 is 1.22 bits per heavy atom. The van der Waals surface area contributed by atoms with Crippen molar-refractivity contribution in [2.45, 2.75) is 32.2 Å². The van der Waals surface area contributed by atoms with Crippen molar-refractivity contribution in [2.75, 3.05) is 12.3 Å². The van der Waals surface area contributed by atoms with Gasteiger partial charge in [-0.1, -0.05) is 12.1 Å². The van der Waals surface area contributed by atoms with Gasteiger partial charge < -0.3 is 15.8 Å². The molecule has 0 aliphatic heterocycles. The normalized spacial score (nSPS) is 10.3. The minimum absolute atomic E-state index is 0.0242. The van der Waals surface area contributed by atoms with E-state index < -0.39 is 17.7 Å². The van der Waals surface area contributed by atoms with E-state index in [4.69, 9.17) is 16.9 Å². The van der Waals surface area contributed by atoms with Crippen LogP contribution in [-0.2, 0) is 6.54 Å². The predicted octanol–water partition coefficient (Wildman–Crippen LogP) is 3.44. The molecule has 5 nitrogen and oxygen atoms in total. The number of terminal acetylenes is 1. The van der Waals surface area contributed by atoms with Gasteiger partial charge in [0, 0.05) is 18.5 Å². The Bertz CT molecular complexity index is 834. The molecular formula is C20H21F2N3O2. The van der Waals surface area contributed by atoms with Gasteiger partial charge in [0.25, 0.3) is 5.91 Å². The van der Waals surface area contributed by atoms with E-state index in [0.29, 0.717) is 6.61 Å². The molecule has 0 atom stereocenters. The van der Waals surface area contributed by atoms with Gasteiger partial charge in [-0.15, -0.1) is 12.3 Å². The molecule has 3 N–H and O–H groups in total. The highest BCUT2D eigenvalue weighted by Gasteiger charge is 2.14. The third-order valence-corrected chi connectivity index (χ3v) is 3.84. The molecule has 1 heterocycles. The van der Waals surface area contributed by atoms with Crippen LogP contribution in [0, 0.1) is 24.1 Å². The van der Waals surface area contributed by atoms with E-state index in [0.717, 1.165) is 31.7 Å². The van der Waals surface area contributed by atoms with Crippen LogP contribution in [0.1, 0.15) is 41.6 Å². The minimum atomic E-state index is -0.778. The van der Waals surface area contributed by atoms with Crippen LogP contribution in [0.3, 0.4) is 0 Å². The number of nitrogen functional groups attached to an aromatic ring is 1. The monoisotopic (exact) mass is 373 g/mol. The van der Waals surface area contributed by atoms with E-state index >= 15 is 0 Å². The summed E-state index contributed by atoms with van der Waals surface area (Å²) >= 11 is 0. The lowest BCUT2D eigenvalue weighted by Gasteiger charge is -2.11. The molecule has 0 saturated heterocycles. The Morgan fingerprint density at radius 2 is 2.04 bits per heavy atom. The van der Waals surface area contributed by atoms with Crippen molar-refractivity contribution in [3.05, 3.63) is 53.2 Å². The number of benzene rings is 1. The zero-order chi connectivity index (χ0) is 19.6. The fourth-order valence-corrected chi connectivity index (χ4v) is 2.41. The number of carbonyl (C=O) groups excluding carboxylic acids is 1. The number of hydrogen-bond acceptors (Lipinski definition) is 4. The molecule has 2 rings (SSSR count). The Labute approximate surface area is 156 Å². The Hall–Kier alpha value is -3.14. The Morgan fingerprint density at radius 3 is 2.78 bits per heavy atom. The molecule has 2 aromatic rings. The SMILES string of the molecule is C#CCCCCCOc1cccc(CNC(=O)c2ccc(F)nc2N)c1F. The zero-order valence-corrected chi connectivity index (χ0v) is 14.8. The summed E-state index contributed by atoms with van der Waals surface area (Å²) in [5, 5.41) is 2.54. The van der Waals surface area contributed by atoms with E-state index in [1.165, 1.54) is 12.1 Å². The van der Waals surface area contributed by atoms with Gasteiger partial charge in [-0.2, -0.15) is 4.39 Å². The van der Waals surface area contributed by atoms with Crippen molar-refractivity contribution in [3.8, 4) is 18.1 Å². The summed E-state index contributed by atoms with van der Waals surface area (Å²) in [5.41, 5.74) is 5.82. The molecule has 0 aliphatic carbocycles. The third kappa shape index (κ3) is 5.96. The first-order chi connectivity index (χ1) is 13.0. The number of amides is 1. The standard InChI is InChI=1S/C20H21F2N3O2/c1-2-3-4-5-6-12-27-16-9-7-8-14(18(16)22)13-24-20(26)15-10-11-17(21)25-19(15)23/h1,7-11H,3-6,12-13H2,(H2,23,25)(H,24,26). The number of halogens is 2. The molecule has 7 heteroatoms. The third-order valence-electron chi connectivity index (χ3n) is 3.84. The highest BCUT2D eigenvalue weighted by molar-refractivity contribution is 5.98. The summed E-state index contributed by atoms with van der Waals surface area (Å²) in [7, 11) is 0. The number of rotatable bonds is 9. The van der Waals surface area contributed by atoms with E-state index in [-0.39, 0.29) is 29.2 Å². The highest BCUT2D eigenvalue weighted by Crippen LogP contribution is 2.21. The van der Waals surface area contributed by atoms with Crippen LogP contribution in [0.25, 0.3) is 0 Å². The number of nitrogens with two attached hydrogens (primary N) is 1. The Kier molecular flexibility index (Phi) is 7.56. The molecule has 1 aromatic carbocycles. The summed E-state index contributed by atoms with van der Waals surface area (Å²) in [6, 6.07) is 6.98. The summed E-state index contributed by atoms with van der Waals surface area (Å²) in [5.74, 6) is 0.584. The first-order valence-electron chi connectivity index (χ1n) is 8.56. The van der Waals surface area contributed by atoms with Gasteiger partial charge in [-0.3, -0.25) is 4.79 Å². The number of unbranched alkanes of at least 4 members (excludes halogenated alkanes) is 3. The number of nitrogens with one attached hydrogen (secondary N) is 1. The van der Waals surface area contributed by atoms with Crippen molar-refractivity contribution in [3.63, 3.8) is 0 Å². The second-order valence-corrected chi connectivity index (χ2v) is 5.84. The van der Waals surface area contributed by atoms with Crippen molar-refractivity contribution in [2.24, 2.45) is 0 Å². The smallest absolute Gasteiger partial charge is 0.255 e. The Balaban J connectivity index is 1.91. The van der Waals surface area contributed by atoms with Gasteiger partial charge in [-0.25, -0.2) is 9.37 Å². The van der Waals surface area contributed by atoms with Crippen LogP contribution in [0.15, 0.2) is 30.3 Å². The molecule has 0 fully saturated rings. The number of hydrogen-bond donors (Lipinski definition) is 2. The van der Waals surface area contributed by atoms with Gasteiger partial charge in [0.15, 0.2) is 11.6 Å². The van der Waals surface area contributed by atoms with Crippen LogP contribution in [-0.4, -0.2) is 17.5 Å². The number of carbonyl (C=O) groups is 1. The van der Waals surface area contributed by atoms with E-state index in [1.807, 2.05) is 0 Å². The summed E-state index contributed by atoms with van der Waals surface area (Å²) in [6.07, 6.45) is 8.51. The van der Waals surface area contributed by atoms with Crippen LogP contribution >= 0.6 is 0 Å². The number of aromatic nitrogens is 1. The second-order valence-electron chi connectivity index (χ2n) is 5.84.